The van der Waals surface area contributed by atoms with Crippen LogP contribution in [0.1, 0.15) is 23.2 Å². The molecule has 0 fully saturated rings. The number of aromatic nitrogens is 1. The monoisotopic (exact) mass is 257 g/mol. The van der Waals surface area contributed by atoms with Gasteiger partial charge in [-0.2, -0.15) is 0 Å². The van der Waals surface area contributed by atoms with Crippen LogP contribution < -0.4 is 11.1 Å². The molecule has 2 aromatic rings. The molecule has 1 aliphatic heterocycles. The van der Waals surface area contributed by atoms with Crippen LogP contribution in [0.3, 0.4) is 0 Å². The number of benzene rings is 1. The third-order valence-electron chi connectivity index (χ3n) is 4.06. The SMILES string of the molecule is Cc1c(CCNC(N)=O)c2cccc3c2n1CCC3. The van der Waals surface area contributed by atoms with Crippen molar-refractivity contribution in [3.05, 3.63) is 35.0 Å². The molecule has 4 nitrogen and oxygen atoms in total. The Morgan fingerprint density at radius 1 is 1.47 bits per heavy atom. The zero-order chi connectivity index (χ0) is 13.4. The van der Waals surface area contributed by atoms with Gasteiger partial charge in [0.15, 0.2) is 0 Å². The summed E-state index contributed by atoms with van der Waals surface area (Å²) in [4.78, 5) is 10.8. The van der Waals surface area contributed by atoms with Crippen LogP contribution in [0.15, 0.2) is 18.2 Å². The minimum Gasteiger partial charge on any atom is -0.352 e. The lowest BCUT2D eigenvalue weighted by molar-refractivity contribution is 0.249. The molecule has 1 aliphatic rings. The lowest BCUT2D eigenvalue weighted by Crippen LogP contribution is -2.31. The molecule has 1 aromatic carbocycles. The molecule has 2 amide bonds. The summed E-state index contributed by atoms with van der Waals surface area (Å²) in [6.45, 7) is 3.87. The number of amides is 2. The number of para-hydroxylation sites is 1. The van der Waals surface area contributed by atoms with E-state index >= 15 is 0 Å². The van der Waals surface area contributed by atoms with Gasteiger partial charge in [-0.25, -0.2) is 4.79 Å². The summed E-state index contributed by atoms with van der Waals surface area (Å²) in [5.74, 6) is 0. The topological polar surface area (TPSA) is 60.0 Å². The normalized spacial score (nSPS) is 13.7. The van der Waals surface area contributed by atoms with E-state index in [1.807, 2.05) is 0 Å². The van der Waals surface area contributed by atoms with Gasteiger partial charge in [0.25, 0.3) is 0 Å². The fourth-order valence-corrected chi connectivity index (χ4v) is 3.21. The highest BCUT2D eigenvalue weighted by Crippen LogP contribution is 2.32. The summed E-state index contributed by atoms with van der Waals surface area (Å²) >= 11 is 0. The van der Waals surface area contributed by atoms with Gasteiger partial charge in [0.2, 0.25) is 0 Å². The van der Waals surface area contributed by atoms with Crippen molar-refractivity contribution < 1.29 is 4.79 Å². The molecule has 0 saturated carbocycles. The molecule has 0 saturated heterocycles. The molecule has 0 radical (unpaired) electrons. The number of primary amides is 1. The highest BCUT2D eigenvalue weighted by molar-refractivity contribution is 5.88. The number of carbonyl (C=O) groups is 1. The molecule has 19 heavy (non-hydrogen) atoms. The van der Waals surface area contributed by atoms with Gasteiger partial charge in [0.1, 0.15) is 0 Å². The van der Waals surface area contributed by atoms with Gasteiger partial charge in [0, 0.05) is 24.2 Å². The molecule has 3 rings (SSSR count). The molecule has 0 unspecified atom stereocenters. The maximum Gasteiger partial charge on any atom is 0.312 e. The van der Waals surface area contributed by atoms with E-state index in [1.165, 1.54) is 40.6 Å². The van der Waals surface area contributed by atoms with E-state index in [1.54, 1.807) is 0 Å². The number of nitrogens with zero attached hydrogens (tertiary/aromatic N) is 1. The molecule has 1 aromatic heterocycles. The van der Waals surface area contributed by atoms with Gasteiger partial charge < -0.3 is 15.6 Å². The molecule has 4 heteroatoms. The summed E-state index contributed by atoms with van der Waals surface area (Å²) < 4.78 is 2.42. The quantitative estimate of drug-likeness (QED) is 0.869. The zero-order valence-electron chi connectivity index (χ0n) is 11.2. The Labute approximate surface area is 112 Å². The van der Waals surface area contributed by atoms with Crippen LogP contribution >= 0.6 is 0 Å². The number of carbonyl (C=O) groups excluding carboxylic acids is 1. The number of hydrogen-bond acceptors (Lipinski definition) is 1. The fourth-order valence-electron chi connectivity index (χ4n) is 3.21. The number of aryl methyl sites for hydroxylation is 2. The highest BCUT2D eigenvalue weighted by atomic mass is 16.2. The molecule has 100 valence electrons. The molecule has 0 bridgehead atoms. The fraction of sp³-hybridized carbons (Fsp3) is 0.400. The molecule has 0 aliphatic carbocycles. The van der Waals surface area contributed by atoms with Crippen LogP contribution in [0.2, 0.25) is 0 Å². The van der Waals surface area contributed by atoms with Crippen LogP contribution in [0.25, 0.3) is 10.9 Å². The van der Waals surface area contributed by atoms with Crippen molar-refractivity contribution >= 4 is 16.9 Å². The first kappa shape index (κ1) is 12.1. The van der Waals surface area contributed by atoms with E-state index in [-0.39, 0.29) is 0 Å². The smallest absolute Gasteiger partial charge is 0.312 e. The van der Waals surface area contributed by atoms with Gasteiger partial charge in [-0.15, -0.1) is 0 Å². The van der Waals surface area contributed by atoms with Crippen molar-refractivity contribution in [1.82, 2.24) is 9.88 Å². The maximum absolute atomic E-state index is 10.8. The molecule has 3 N–H and O–H groups in total. The summed E-state index contributed by atoms with van der Waals surface area (Å²) in [7, 11) is 0. The van der Waals surface area contributed by atoms with Crippen molar-refractivity contribution in [3.8, 4) is 0 Å². The Morgan fingerprint density at radius 3 is 3.11 bits per heavy atom. The second-order valence-corrected chi connectivity index (χ2v) is 5.17. The molecule has 0 atom stereocenters. The largest absolute Gasteiger partial charge is 0.352 e. The summed E-state index contributed by atoms with van der Waals surface area (Å²) in [5.41, 5.74) is 10.6. The van der Waals surface area contributed by atoms with Gasteiger partial charge in [-0.1, -0.05) is 18.2 Å². The van der Waals surface area contributed by atoms with Gasteiger partial charge in [0.05, 0.1) is 5.52 Å². The first-order chi connectivity index (χ1) is 9.18. The Hall–Kier alpha value is -1.97. The number of urea groups is 1. The maximum atomic E-state index is 10.8. The number of nitrogens with two attached hydrogens (primary N) is 1. The van der Waals surface area contributed by atoms with Crippen molar-refractivity contribution in [2.75, 3.05) is 6.54 Å². The molecular weight excluding hydrogens is 238 g/mol. The van der Waals surface area contributed by atoms with E-state index in [9.17, 15) is 4.79 Å². The van der Waals surface area contributed by atoms with Crippen molar-refractivity contribution in [1.29, 1.82) is 0 Å². The summed E-state index contributed by atoms with van der Waals surface area (Å²) in [5, 5.41) is 4.01. The van der Waals surface area contributed by atoms with E-state index < -0.39 is 6.03 Å². The van der Waals surface area contributed by atoms with Crippen molar-refractivity contribution in [3.63, 3.8) is 0 Å². The van der Waals surface area contributed by atoms with Crippen LogP contribution in [-0.2, 0) is 19.4 Å². The van der Waals surface area contributed by atoms with Crippen molar-refractivity contribution in [2.24, 2.45) is 5.73 Å². The number of rotatable bonds is 3. The highest BCUT2D eigenvalue weighted by Gasteiger charge is 2.19. The molecule has 2 heterocycles. The standard InChI is InChI=1S/C15H19N3O/c1-10-12(7-8-17-15(16)19)13-6-2-4-11-5-3-9-18(10)14(11)13/h2,4,6H,3,5,7-9H2,1H3,(H3,16,17,19). The second kappa shape index (κ2) is 4.61. The molecule has 0 spiro atoms. The zero-order valence-corrected chi connectivity index (χ0v) is 11.2. The predicted molar refractivity (Wildman–Crippen MR) is 76.3 cm³/mol. The summed E-state index contributed by atoms with van der Waals surface area (Å²) in [6, 6.07) is 6.10. The minimum atomic E-state index is -0.452. The first-order valence-corrected chi connectivity index (χ1v) is 6.81. The van der Waals surface area contributed by atoms with Crippen LogP contribution in [0.4, 0.5) is 4.79 Å². The Bertz CT molecular complexity index is 642. The van der Waals surface area contributed by atoms with Gasteiger partial charge in [-0.05, 0) is 37.3 Å². The number of hydrogen-bond donors (Lipinski definition) is 2. The summed E-state index contributed by atoms with van der Waals surface area (Å²) in [6.07, 6.45) is 3.21. The molecular formula is C15H19N3O. The van der Waals surface area contributed by atoms with Gasteiger partial charge >= 0.3 is 6.03 Å². The van der Waals surface area contributed by atoms with E-state index in [0.29, 0.717) is 6.54 Å². The predicted octanol–water partition coefficient (Wildman–Crippen LogP) is 2.11. The Morgan fingerprint density at radius 2 is 2.32 bits per heavy atom. The van der Waals surface area contributed by atoms with Crippen LogP contribution in [-0.4, -0.2) is 17.1 Å². The Kier molecular flexibility index (Phi) is 2.93. The third-order valence-corrected chi connectivity index (χ3v) is 4.06. The van der Waals surface area contributed by atoms with Crippen LogP contribution in [0, 0.1) is 6.92 Å². The average molecular weight is 257 g/mol. The van der Waals surface area contributed by atoms with Crippen molar-refractivity contribution in [2.45, 2.75) is 32.7 Å². The van der Waals surface area contributed by atoms with Crippen LogP contribution in [0.5, 0.6) is 0 Å². The lowest BCUT2D eigenvalue weighted by Gasteiger charge is -2.16. The Balaban J connectivity index is 2.03. The number of nitrogens with one attached hydrogen (secondary N) is 1. The van der Waals surface area contributed by atoms with E-state index in [2.05, 4.69) is 35.0 Å². The van der Waals surface area contributed by atoms with E-state index in [0.717, 1.165) is 13.0 Å². The first-order valence-electron chi connectivity index (χ1n) is 6.81. The van der Waals surface area contributed by atoms with E-state index in [4.69, 9.17) is 5.73 Å². The lowest BCUT2D eigenvalue weighted by atomic mass is 10.0. The average Bonchev–Trinajstić information content (AvgIpc) is 2.67. The second-order valence-electron chi connectivity index (χ2n) is 5.17. The van der Waals surface area contributed by atoms with Gasteiger partial charge in [-0.3, -0.25) is 0 Å². The third kappa shape index (κ3) is 1.97. The minimum absolute atomic E-state index is 0.452.